The molecule has 2 aromatic carbocycles. The van der Waals surface area contributed by atoms with Crippen molar-refractivity contribution in [2.45, 2.75) is 16.6 Å². The number of para-hydroxylation sites is 1. The number of aromatic nitrogens is 1. The highest BCUT2D eigenvalue weighted by molar-refractivity contribution is 7.92. The molecule has 1 aliphatic heterocycles. The molecule has 7 heteroatoms. The minimum atomic E-state index is -3.42. The molecular formula is C18H16N2O3S2. The van der Waals surface area contributed by atoms with Crippen molar-refractivity contribution in [2.24, 2.45) is 0 Å². The van der Waals surface area contributed by atoms with Crippen molar-refractivity contribution in [3.8, 4) is 0 Å². The maximum Gasteiger partial charge on any atom is 0.282 e. The summed E-state index contributed by atoms with van der Waals surface area (Å²) in [6.07, 6.45) is 0.452. The Morgan fingerprint density at radius 2 is 1.80 bits per heavy atom. The van der Waals surface area contributed by atoms with Gasteiger partial charge in [0.15, 0.2) is 14.8 Å². The molecular weight excluding hydrogens is 356 g/mol. The average molecular weight is 372 g/mol. The molecule has 1 aliphatic rings. The van der Waals surface area contributed by atoms with Crippen molar-refractivity contribution in [1.82, 2.24) is 9.88 Å². The first-order chi connectivity index (χ1) is 12.1. The Morgan fingerprint density at radius 1 is 1.08 bits per heavy atom. The predicted octanol–water partition coefficient (Wildman–Crippen LogP) is 2.98. The van der Waals surface area contributed by atoms with Crippen LogP contribution in [0.25, 0.3) is 10.2 Å². The number of rotatable bonds is 3. The topological polar surface area (TPSA) is 67.3 Å². The van der Waals surface area contributed by atoms with Crippen molar-refractivity contribution < 1.29 is 13.2 Å². The molecule has 25 heavy (non-hydrogen) atoms. The maximum absolute atomic E-state index is 12.7. The summed E-state index contributed by atoms with van der Waals surface area (Å²) in [6.45, 7) is 0.650. The zero-order valence-electron chi connectivity index (χ0n) is 13.3. The Bertz CT molecular complexity index is 996. The van der Waals surface area contributed by atoms with Crippen molar-refractivity contribution in [3.63, 3.8) is 0 Å². The highest BCUT2D eigenvalue weighted by Gasteiger charge is 2.37. The van der Waals surface area contributed by atoms with Crippen LogP contribution in [0.3, 0.4) is 0 Å². The van der Waals surface area contributed by atoms with E-state index in [2.05, 4.69) is 4.98 Å². The highest BCUT2D eigenvalue weighted by Crippen LogP contribution is 2.27. The normalized spacial score (nSPS) is 17.9. The molecule has 2 heterocycles. The number of hydrogen-bond acceptors (Lipinski definition) is 5. The monoisotopic (exact) mass is 372 g/mol. The van der Waals surface area contributed by atoms with E-state index in [0.717, 1.165) is 10.2 Å². The van der Waals surface area contributed by atoms with Crippen LogP contribution in [-0.2, 0) is 9.84 Å². The molecule has 1 amide bonds. The Morgan fingerprint density at radius 3 is 2.56 bits per heavy atom. The van der Waals surface area contributed by atoms with Crippen molar-refractivity contribution in [2.75, 3.05) is 13.1 Å². The number of likely N-dealkylation sites (tertiary alicyclic amines) is 1. The number of fused-ring (bicyclic) bond motifs is 1. The van der Waals surface area contributed by atoms with E-state index >= 15 is 0 Å². The van der Waals surface area contributed by atoms with Crippen LogP contribution < -0.4 is 0 Å². The lowest BCUT2D eigenvalue weighted by molar-refractivity contribution is 0.0793. The third kappa shape index (κ3) is 2.94. The summed E-state index contributed by atoms with van der Waals surface area (Å²) in [5.74, 6) is -0.188. The van der Waals surface area contributed by atoms with Crippen LogP contribution in [0.1, 0.15) is 16.2 Å². The first-order valence-corrected chi connectivity index (χ1v) is 10.4. The second-order valence-corrected chi connectivity index (χ2v) is 9.27. The van der Waals surface area contributed by atoms with E-state index < -0.39 is 15.1 Å². The second kappa shape index (κ2) is 6.24. The molecule has 1 fully saturated rings. The number of sulfone groups is 1. The lowest BCUT2D eigenvalue weighted by Crippen LogP contribution is -2.31. The zero-order valence-corrected chi connectivity index (χ0v) is 15.0. The number of amides is 1. The predicted molar refractivity (Wildman–Crippen MR) is 97.6 cm³/mol. The number of thiazole rings is 1. The molecule has 0 radical (unpaired) electrons. The lowest BCUT2D eigenvalue weighted by atomic mass is 10.3. The quantitative estimate of drug-likeness (QED) is 0.709. The minimum Gasteiger partial charge on any atom is -0.335 e. The van der Waals surface area contributed by atoms with Crippen LogP contribution in [0.4, 0.5) is 0 Å². The van der Waals surface area contributed by atoms with Crippen molar-refractivity contribution >= 4 is 37.3 Å². The summed E-state index contributed by atoms with van der Waals surface area (Å²) in [5.41, 5.74) is 0.795. The van der Waals surface area contributed by atoms with Crippen LogP contribution in [0.2, 0.25) is 0 Å². The van der Waals surface area contributed by atoms with Gasteiger partial charge in [0, 0.05) is 13.1 Å². The van der Waals surface area contributed by atoms with Crippen LogP contribution in [0.5, 0.6) is 0 Å². The first-order valence-electron chi connectivity index (χ1n) is 7.99. The van der Waals surface area contributed by atoms with Gasteiger partial charge in [-0.05, 0) is 30.7 Å². The molecule has 1 aromatic heterocycles. The van der Waals surface area contributed by atoms with E-state index in [1.54, 1.807) is 35.2 Å². The van der Waals surface area contributed by atoms with Gasteiger partial charge in [-0.3, -0.25) is 4.79 Å². The molecule has 0 aliphatic carbocycles. The fourth-order valence-corrected chi connectivity index (χ4v) is 5.71. The van der Waals surface area contributed by atoms with Crippen LogP contribution in [0, 0.1) is 0 Å². The van der Waals surface area contributed by atoms with Crippen LogP contribution >= 0.6 is 11.3 Å². The summed E-state index contributed by atoms with van der Waals surface area (Å²) < 4.78 is 26.4. The van der Waals surface area contributed by atoms with Gasteiger partial charge >= 0.3 is 0 Å². The Hall–Kier alpha value is -2.25. The number of carbonyl (C=O) groups excluding carboxylic acids is 1. The summed E-state index contributed by atoms with van der Waals surface area (Å²) in [4.78, 5) is 19.0. The Balaban J connectivity index is 1.55. The molecule has 1 atom stereocenters. The first kappa shape index (κ1) is 16.2. The van der Waals surface area contributed by atoms with Gasteiger partial charge in [0.2, 0.25) is 0 Å². The summed E-state index contributed by atoms with van der Waals surface area (Å²) in [6, 6.07) is 16.0. The minimum absolute atomic E-state index is 0.188. The van der Waals surface area contributed by atoms with Gasteiger partial charge in [-0.2, -0.15) is 0 Å². The molecule has 1 saturated heterocycles. The van der Waals surface area contributed by atoms with Crippen molar-refractivity contribution in [1.29, 1.82) is 0 Å². The van der Waals surface area contributed by atoms with Crippen LogP contribution in [-0.4, -0.2) is 42.5 Å². The zero-order chi connectivity index (χ0) is 17.4. The molecule has 128 valence electrons. The standard InChI is InChI=1S/C18H16N2O3S2/c21-18(17-19-15-8-4-5-9-16(15)24-17)20-11-10-14(12-20)25(22,23)13-6-2-1-3-7-13/h1-9,14H,10-12H2/t14-/m0/s1. The van der Waals surface area contributed by atoms with Gasteiger partial charge in [-0.1, -0.05) is 30.3 Å². The molecule has 5 nitrogen and oxygen atoms in total. The van der Waals surface area contributed by atoms with Crippen molar-refractivity contribution in [3.05, 3.63) is 59.6 Å². The maximum atomic E-state index is 12.7. The number of nitrogens with zero attached hydrogens (tertiary/aromatic N) is 2. The smallest absolute Gasteiger partial charge is 0.282 e. The summed E-state index contributed by atoms with van der Waals surface area (Å²) in [7, 11) is -3.42. The fourth-order valence-electron chi connectivity index (χ4n) is 3.07. The molecule has 0 unspecified atom stereocenters. The highest BCUT2D eigenvalue weighted by atomic mass is 32.2. The van der Waals surface area contributed by atoms with Gasteiger partial charge in [-0.25, -0.2) is 13.4 Å². The van der Waals surface area contributed by atoms with E-state index in [0.29, 0.717) is 22.9 Å². The molecule has 0 spiro atoms. The van der Waals surface area contributed by atoms with Gasteiger partial charge in [0.1, 0.15) is 0 Å². The van der Waals surface area contributed by atoms with Gasteiger partial charge < -0.3 is 4.90 Å². The number of benzene rings is 2. The molecule has 0 saturated carbocycles. The fraction of sp³-hybridized carbons (Fsp3) is 0.222. The van der Waals surface area contributed by atoms with E-state index in [9.17, 15) is 13.2 Å². The van der Waals surface area contributed by atoms with E-state index in [-0.39, 0.29) is 12.5 Å². The van der Waals surface area contributed by atoms with E-state index in [1.165, 1.54) is 11.3 Å². The summed E-state index contributed by atoms with van der Waals surface area (Å²) in [5, 5.41) is -0.146. The molecule has 3 aromatic rings. The van der Waals surface area contributed by atoms with Gasteiger partial charge in [-0.15, -0.1) is 11.3 Å². The molecule has 4 rings (SSSR count). The Labute approximate surface area is 149 Å². The average Bonchev–Trinajstić information content (AvgIpc) is 3.29. The van der Waals surface area contributed by atoms with E-state index in [1.807, 2.05) is 24.3 Å². The second-order valence-electron chi connectivity index (χ2n) is 6.01. The molecule has 0 bridgehead atoms. The van der Waals surface area contributed by atoms with Gasteiger partial charge in [0.25, 0.3) is 5.91 Å². The lowest BCUT2D eigenvalue weighted by Gasteiger charge is -2.15. The largest absolute Gasteiger partial charge is 0.335 e. The Kier molecular flexibility index (Phi) is 4.05. The molecule has 0 N–H and O–H groups in total. The van der Waals surface area contributed by atoms with Crippen LogP contribution in [0.15, 0.2) is 59.5 Å². The summed E-state index contributed by atoms with van der Waals surface area (Å²) >= 11 is 1.35. The van der Waals surface area contributed by atoms with Gasteiger partial charge in [0.05, 0.1) is 20.4 Å². The third-order valence-corrected chi connectivity index (χ3v) is 7.64. The number of carbonyl (C=O) groups is 1. The third-order valence-electron chi connectivity index (χ3n) is 4.42. The number of hydrogen-bond donors (Lipinski definition) is 0. The van der Waals surface area contributed by atoms with E-state index in [4.69, 9.17) is 0 Å². The SMILES string of the molecule is O=C(c1nc2ccccc2s1)N1CC[C@H](S(=O)(=O)c2ccccc2)C1.